The summed E-state index contributed by atoms with van der Waals surface area (Å²) in [5.74, 6) is 0.854. The average molecular weight is 108 g/mol. The Morgan fingerprint density at radius 2 is 2.00 bits per heavy atom. The minimum Gasteiger partial charge on any atom is -0.189 e. The predicted molar refractivity (Wildman–Crippen MR) is 29.0 cm³/mol. The van der Waals surface area contributed by atoms with Crippen molar-refractivity contribution in [1.82, 2.24) is 0 Å². The molecule has 2 unspecified atom stereocenters. The van der Waals surface area contributed by atoms with Crippen molar-refractivity contribution in [3.8, 4) is 0 Å². The second kappa shape index (κ2) is 0.915. The zero-order chi connectivity index (χ0) is 4.78. The average Bonchev–Trinajstić information content (AvgIpc) is 1.73. The van der Waals surface area contributed by atoms with Gasteiger partial charge in [0.15, 0.2) is 0 Å². The zero-order valence-corrected chi connectivity index (χ0v) is 4.89. The fraction of sp³-hybridized carbons (Fsp3) is 1.00. The smallest absolute Gasteiger partial charge is 0.0218 e. The maximum atomic E-state index is 12.3. The van der Waals surface area contributed by atoms with Crippen molar-refractivity contribution in [3.05, 3.63) is 0 Å². The van der Waals surface area contributed by atoms with Gasteiger partial charge in [-0.1, -0.05) is 17.3 Å². The molecule has 2 heteroatoms. The van der Waals surface area contributed by atoms with Gasteiger partial charge in [0, 0.05) is 11.0 Å². The molecule has 1 rings (SSSR count). The van der Waals surface area contributed by atoms with E-state index in [1.165, 1.54) is 0 Å². The van der Waals surface area contributed by atoms with Gasteiger partial charge in [-0.25, -0.2) is 0 Å². The predicted octanol–water partition coefficient (Wildman–Crippen LogP) is 1.71. The third-order valence-corrected chi connectivity index (χ3v) is 3.85. The maximum absolute atomic E-state index is 12.3. The molecule has 1 aliphatic rings. The maximum Gasteiger partial charge on any atom is 0.0218 e. The topological polar surface area (TPSA) is 0 Å². The van der Waals surface area contributed by atoms with E-state index in [2.05, 4.69) is 0 Å². The number of hydrogen-bond donors (Lipinski definition) is 0. The second-order valence-corrected chi connectivity index (χ2v) is 5.25. The Morgan fingerprint density at radius 1 is 1.83 bits per heavy atom. The van der Waals surface area contributed by atoms with Crippen LogP contribution < -0.4 is 0 Å². The highest BCUT2D eigenvalue weighted by atomic mass is 32.3. The molecule has 0 amide bonds. The van der Waals surface area contributed by atoms with Crippen LogP contribution in [0.1, 0.15) is 6.92 Å². The van der Waals surface area contributed by atoms with Crippen LogP contribution in [0.5, 0.6) is 0 Å². The van der Waals surface area contributed by atoms with E-state index in [0.29, 0.717) is 5.25 Å². The van der Waals surface area contributed by atoms with E-state index in [-0.39, 0.29) is 0 Å². The van der Waals surface area contributed by atoms with E-state index < -0.39 is 10.4 Å². The lowest BCUT2D eigenvalue weighted by Crippen LogP contribution is -1.66. The second-order valence-electron chi connectivity index (χ2n) is 2.02. The molecule has 0 nitrogen and oxygen atoms in total. The summed E-state index contributed by atoms with van der Waals surface area (Å²) in [5, 5.41) is 0.414. The SMILES string of the molecule is CC1CS1(C)F. The summed E-state index contributed by atoms with van der Waals surface area (Å²) in [6, 6.07) is 0. The van der Waals surface area contributed by atoms with Crippen LogP contribution in [-0.2, 0) is 0 Å². The van der Waals surface area contributed by atoms with E-state index in [1.807, 2.05) is 6.92 Å². The molecule has 0 N–H and O–H groups in total. The summed E-state index contributed by atoms with van der Waals surface area (Å²) in [5.41, 5.74) is 0. The van der Waals surface area contributed by atoms with Gasteiger partial charge in [0.05, 0.1) is 0 Å². The van der Waals surface area contributed by atoms with Crippen LogP contribution in [0.3, 0.4) is 0 Å². The van der Waals surface area contributed by atoms with Gasteiger partial charge in [-0.3, -0.25) is 0 Å². The molecule has 0 radical (unpaired) electrons. The normalized spacial score (nSPS) is 66.2. The molecular formula is C4H9FS. The van der Waals surface area contributed by atoms with Crippen LogP contribution in [-0.4, -0.2) is 17.3 Å². The van der Waals surface area contributed by atoms with Crippen molar-refractivity contribution in [2.75, 3.05) is 12.0 Å². The monoisotopic (exact) mass is 108 g/mol. The lowest BCUT2D eigenvalue weighted by molar-refractivity contribution is 0.918. The molecule has 1 saturated heterocycles. The first-order valence-corrected chi connectivity index (χ1v) is 4.25. The molecule has 0 aromatic heterocycles. The van der Waals surface area contributed by atoms with Crippen molar-refractivity contribution < 1.29 is 3.89 Å². The van der Waals surface area contributed by atoms with Crippen LogP contribution in [0.2, 0.25) is 0 Å². The fourth-order valence-electron chi connectivity index (χ4n) is 0.420. The molecular weight excluding hydrogens is 99.1 g/mol. The van der Waals surface area contributed by atoms with Gasteiger partial charge in [-0.05, 0) is 6.26 Å². The van der Waals surface area contributed by atoms with Gasteiger partial charge >= 0.3 is 0 Å². The van der Waals surface area contributed by atoms with E-state index in [4.69, 9.17) is 0 Å². The molecule has 0 bridgehead atoms. The Morgan fingerprint density at radius 3 is 2.00 bits per heavy atom. The van der Waals surface area contributed by atoms with Crippen LogP contribution in [0.4, 0.5) is 3.89 Å². The Labute approximate surface area is 39.3 Å². The van der Waals surface area contributed by atoms with Crippen molar-refractivity contribution in [3.63, 3.8) is 0 Å². The fourth-order valence-corrected chi connectivity index (χ4v) is 1.82. The third-order valence-electron chi connectivity index (χ3n) is 1.28. The first-order valence-electron chi connectivity index (χ1n) is 2.07. The van der Waals surface area contributed by atoms with E-state index in [0.717, 1.165) is 5.75 Å². The highest BCUT2D eigenvalue weighted by molar-refractivity contribution is 8.35. The van der Waals surface area contributed by atoms with Crippen LogP contribution in [0, 0.1) is 0 Å². The molecule has 1 fully saturated rings. The summed E-state index contributed by atoms with van der Waals surface area (Å²) >= 11 is 0. The van der Waals surface area contributed by atoms with Crippen LogP contribution >= 0.6 is 10.4 Å². The number of hydrogen-bond acceptors (Lipinski definition) is 0. The summed E-state index contributed by atoms with van der Waals surface area (Å²) in [7, 11) is -1.50. The Kier molecular flexibility index (Phi) is 0.677. The third kappa shape index (κ3) is 0.535. The number of rotatable bonds is 0. The number of halogens is 1. The molecule has 38 valence electrons. The molecule has 0 saturated carbocycles. The minimum absolute atomic E-state index is 0.414. The molecule has 0 aliphatic carbocycles. The van der Waals surface area contributed by atoms with Gasteiger partial charge in [0.2, 0.25) is 0 Å². The Balaban J connectivity index is 2.41. The van der Waals surface area contributed by atoms with E-state index >= 15 is 0 Å². The van der Waals surface area contributed by atoms with Gasteiger partial charge in [0.25, 0.3) is 0 Å². The van der Waals surface area contributed by atoms with Crippen molar-refractivity contribution in [2.45, 2.75) is 12.2 Å². The summed E-state index contributed by atoms with van der Waals surface area (Å²) < 4.78 is 12.3. The summed E-state index contributed by atoms with van der Waals surface area (Å²) in [6.07, 6.45) is 1.73. The van der Waals surface area contributed by atoms with Gasteiger partial charge < -0.3 is 0 Å². The van der Waals surface area contributed by atoms with Gasteiger partial charge in [-0.15, -0.1) is 0 Å². The lowest BCUT2D eigenvalue weighted by Gasteiger charge is -1.94. The molecule has 2 atom stereocenters. The van der Waals surface area contributed by atoms with Crippen LogP contribution in [0.15, 0.2) is 0 Å². The van der Waals surface area contributed by atoms with Crippen molar-refractivity contribution >= 4 is 10.4 Å². The van der Waals surface area contributed by atoms with Crippen molar-refractivity contribution in [1.29, 1.82) is 0 Å². The molecule has 6 heavy (non-hydrogen) atoms. The molecule has 1 aliphatic heterocycles. The highest BCUT2D eigenvalue weighted by Crippen LogP contribution is 2.66. The lowest BCUT2D eigenvalue weighted by atomic mass is 10.6. The highest BCUT2D eigenvalue weighted by Gasteiger charge is 2.41. The summed E-state index contributed by atoms with van der Waals surface area (Å²) in [6.45, 7) is 1.97. The first kappa shape index (κ1) is 4.44. The zero-order valence-electron chi connectivity index (χ0n) is 4.07. The minimum atomic E-state index is -1.50. The summed E-state index contributed by atoms with van der Waals surface area (Å²) in [4.78, 5) is 0. The van der Waals surface area contributed by atoms with Gasteiger partial charge in [-0.2, -0.15) is 3.89 Å². The van der Waals surface area contributed by atoms with E-state index in [1.54, 1.807) is 6.26 Å². The Hall–Kier alpha value is 0.280. The van der Waals surface area contributed by atoms with Gasteiger partial charge in [0.1, 0.15) is 0 Å². The molecule has 0 spiro atoms. The molecule has 0 aromatic rings. The standard InChI is InChI=1S/C4H9FS/c1-4-3-6(4,2)5/h4H,3H2,1-2H3. The Bertz CT molecular complexity index is 69.9. The quantitative estimate of drug-likeness (QED) is 0.414. The first-order chi connectivity index (χ1) is 2.63. The van der Waals surface area contributed by atoms with Crippen molar-refractivity contribution in [2.24, 2.45) is 0 Å². The van der Waals surface area contributed by atoms with Crippen LogP contribution in [0.25, 0.3) is 0 Å². The molecule has 0 aromatic carbocycles. The molecule has 1 heterocycles. The van der Waals surface area contributed by atoms with E-state index in [9.17, 15) is 3.89 Å². The largest absolute Gasteiger partial charge is 0.189 e.